The molecule has 0 saturated carbocycles. The van der Waals surface area contributed by atoms with Gasteiger partial charge in [0.2, 0.25) is 5.91 Å². The molecule has 24 heavy (non-hydrogen) atoms. The van der Waals surface area contributed by atoms with Crippen LogP contribution < -0.4 is 24.6 Å². The Morgan fingerprint density at radius 2 is 2.00 bits per heavy atom. The molecule has 0 spiro atoms. The Labute approximate surface area is 143 Å². The number of aryl methyl sites for hydroxylation is 1. The highest BCUT2D eigenvalue weighted by molar-refractivity contribution is 8.00. The van der Waals surface area contributed by atoms with Crippen LogP contribution in [0.15, 0.2) is 27.7 Å². The Morgan fingerprint density at radius 1 is 1.38 bits per heavy atom. The third kappa shape index (κ3) is 4.10. The standard InChI is InChI=1S/C15H19N3O5S/c1-5-12(24-14-15(20)23-17-18(14)2)13(19)16-9-6-10(21-3)8-11(7-9)22-4/h6-8,12H,5H2,1-4H3,(H-,16,17,19,20). The molecule has 0 aliphatic heterocycles. The van der Waals surface area contributed by atoms with Gasteiger partial charge < -0.3 is 24.4 Å². The van der Waals surface area contributed by atoms with Gasteiger partial charge in [0.15, 0.2) is 13.0 Å². The third-order valence-electron chi connectivity index (χ3n) is 3.25. The van der Waals surface area contributed by atoms with Crippen LogP contribution in [-0.2, 0) is 11.8 Å². The van der Waals surface area contributed by atoms with E-state index in [-0.39, 0.29) is 10.9 Å². The van der Waals surface area contributed by atoms with Crippen LogP contribution in [0.25, 0.3) is 0 Å². The SMILES string of the molecule is CCC(Sc1c([O-])on[n+]1C)C(=O)Nc1cc(OC)cc(OC)c1. The van der Waals surface area contributed by atoms with E-state index in [2.05, 4.69) is 15.1 Å². The number of nitrogens with zero attached hydrogens (tertiary/aromatic N) is 2. The molecule has 8 nitrogen and oxygen atoms in total. The van der Waals surface area contributed by atoms with Gasteiger partial charge in [-0.05, 0) is 18.2 Å². The van der Waals surface area contributed by atoms with Crippen molar-refractivity contribution in [2.45, 2.75) is 23.6 Å². The summed E-state index contributed by atoms with van der Waals surface area (Å²) in [6, 6.07) is 5.09. The average Bonchev–Trinajstić information content (AvgIpc) is 2.90. The van der Waals surface area contributed by atoms with Crippen molar-refractivity contribution in [1.82, 2.24) is 5.27 Å². The fourth-order valence-corrected chi connectivity index (χ4v) is 2.91. The van der Waals surface area contributed by atoms with Gasteiger partial charge in [-0.15, -0.1) is 0 Å². The summed E-state index contributed by atoms with van der Waals surface area (Å²) in [5.74, 6) is 0.338. The van der Waals surface area contributed by atoms with Crippen LogP contribution in [0.1, 0.15) is 13.3 Å². The van der Waals surface area contributed by atoms with E-state index in [1.54, 1.807) is 25.2 Å². The van der Waals surface area contributed by atoms with E-state index in [9.17, 15) is 9.90 Å². The number of methoxy groups -OCH3 is 2. The lowest BCUT2D eigenvalue weighted by atomic mass is 10.2. The first-order valence-electron chi connectivity index (χ1n) is 7.22. The normalized spacial score (nSPS) is 11.8. The first-order chi connectivity index (χ1) is 11.5. The van der Waals surface area contributed by atoms with E-state index >= 15 is 0 Å². The van der Waals surface area contributed by atoms with Crippen LogP contribution in [-0.4, -0.2) is 30.6 Å². The molecule has 0 aliphatic rings. The zero-order valence-corrected chi connectivity index (χ0v) is 14.7. The minimum absolute atomic E-state index is 0.238. The van der Waals surface area contributed by atoms with Gasteiger partial charge in [-0.1, -0.05) is 11.6 Å². The maximum atomic E-state index is 12.5. The molecule has 130 valence electrons. The summed E-state index contributed by atoms with van der Waals surface area (Å²) in [4.78, 5) is 12.5. The van der Waals surface area contributed by atoms with Crippen LogP contribution in [0.2, 0.25) is 0 Å². The summed E-state index contributed by atoms with van der Waals surface area (Å²) in [5.41, 5.74) is 0.548. The molecule has 1 N–H and O–H groups in total. The number of amides is 1. The number of benzene rings is 1. The quantitative estimate of drug-likeness (QED) is 0.587. The molecule has 2 aromatic rings. The fourth-order valence-electron chi connectivity index (χ4n) is 1.99. The van der Waals surface area contributed by atoms with Crippen molar-refractivity contribution in [3.05, 3.63) is 18.2 Å². The van der Waals surface area contributed by atoms with Crippen LogP contribution in [0, 0.1) is 0 Å². The Hall–Kier alpha value is -2.42. The molecule has 1 unspecified atom stereocenters. The highest BCUT2D eigenvalue weighted by Gasteiger charge is 2.25. The predicted molar refractivity (Wildman–Crippen MR) is 85.2 cm³/mol. The highest BCUT2D eigenvalue weighted by Crippen LogP contribution is 2.30. The molecule has 9 heteroatoms. The average molecular weight is 353 g/mol. The van der Waals surface area contributed by atoms with E-state index in [1.807, 2.05) is 6.92 Å². The molecule has 1 amide bonds. The number of anilines is 1. The van der Waals surface area contributed by atoms with E-state index in [4.69, 9.17) is 9.47 Å². The van der Waals surface area contributed by atoms with Crippen molar-refractivity contribution < 1.29 is 28.6 Å². The zero-order chi connectivity index (χ0) is 17.7. The van der Waals surface area contributed by atoms with Crippen molar-refractivity contribution in [3.8, 4) is 17.4 Å². The predicted octanol–water partition coefficient (Wildman–Crippen LogP) is 1.10. The lowest BCUT2D eigenvalue weighted by Gasteiger charge is -2.14. The summed E-state index contributed by atoms with van der Waals surface area (Å²) in [6.45, 7) is 1.86. The molecule has 1 atom stereocenters. The first-order valence-corrected chi connectivity index (χ1v) is 8.10. The molecule has 0 aliphatic carbocycles. The lowest BCUT2D eigenvalue weighted by Crippen LogP contribution is -2.34. The second kappa shape index (κ2) is 7.91. The van der Waals surface area contributed by atoms with E-state index in [0.717, 1.165) is 11.8 Å². The topological polar surface area (TPSA) is 101 Å². The lowest BCUT2D eigenvalue weighted by molar-refractivity contribution is -0.772. The number of rotatable bonds is 7. The van der Waals surface area contributed by atoms with Gasteiger partial charge >= 0.3 is 0 Å². The summed E-state index contributed by atoms with van der Waals surface area (Å²) in [5, 5.41) is 17.8. The molecule has 0 bridgehead atoms. The molecular formula is C15H19N3O5S. The molecule has 1 aromatic carbocycles. The van der Waals surface area contributed by atoms with Gasteiger partial charge in [-0.2, -0.15) is 0 Å². The monoisotopic (exact) mass is 353 g/mol. The van der Waals surface area contributed by atoms with Crippen molar-refractivity contribution in [2.75, 3.05) is 19.5 Å². The van der Waals surface area contributed by atoms with Gasteiger partial charge in [0.1, 0.15) is 11.5 Å². The second-order valence-electron chi connectivity index (χ2n) is 4.89. The van der Waals surface area contributed by atoms with Crippen molar-refractivity contribution in [3.63, 3.8) is 0 Å². The zero-order valence-electron chi connectivity index (χ0n) is 13.9. The summed E-state index contributed by atoms with van der Waals surface area (Å²) >= 11 is 1.12. The Morgan fingerprint density at radius 3 is 2.46 bits per heavy atom. The molecule has 1 aromatic heterocycles. The minimum Gasteiger partial charge on any atom is -0.538 e. The number of thioether (sulfide) groups is 1. The van der Waals surface area contributed by atoms with Crippen molar-refractivity contribution in [1.29, 1.82) is 0 Å². The fraction of sp³-hybridized carbons (Fsp3) is 0.400. The molecule has 1 heterocycles. The molecule has 0 radical (unpaired) electrons. The van der Waals surface area contributed by atoms with Gasteiger partial charge in [0.05, 0.1) is 24.7 Å². The van der Waals surface area contributed by atoms with Gasteiger partial charge in [0, 0.05) is 23.9 Å². The van der Waals surface area contributed by atoms with Crippen LogP contribution in [0.3, 0.4) is 0 Å². The summed E-state index contributed by atoms with van der Waals surface area (Å²) in [7, 11) is 4.66. The minimum atomic E-state index is -0.559. The second-order valence-corrected chi connectivity index (χ2v) is 6.09. The number of hydrogen-bond donors (Lipinski definition) is 1. The Kier molecular flexibility index (Phi) is 5.91. The smallest absolute Gasteiger partial charge is 0.291 e. The van der Waals surface area contributed by atoms with Crippen LogP contribution in [0.4, 0.5) is 5.69 Å². The number of carbonyl (C=O) groups is 1. The number of hydrogen-bond acceptors (Lipinski definition) is 7. The number of ether oxygens (including phenoxy) is 2. The van der Waals surface area contributed by atoms with Crippen LogP contribution in [0.5, 0.6) is 17.4 Å². The molecule has 2 rings (SSSR count). The van der Waals surface area contributed by atoms with E-state index in [1.165, 1.54) is 18.9 Å². The van der Waals surface area contributed by atoms with Gasteiger partial charge in [0.25, 0.3) is 5.03 Å². The molecule has 0 fully saturated rings. The number of carbonyl (C=O) groups excluding carboxylic acids is 1. The van der Waals surface area contributed by atoms with E-state index < -0.39 is 11.2 Å². The number of aromatic nitrogens is 2. The maximum absolute atomic E-state index is 12.5. The van der Waals surface area contributed by atoms with Crippen molar-refractivity contribution >= 4 is 23.4 Å². The summed E-state index contributed by atoms with van der Waals surface area (Å²) in [6.07, 6.45) is 0.530. The molecule has 0 saturated heterocycles. The highest BCUT2D eigenvalue weighted by atomic mass is 32.2. The summed E-state index contributed by atoms with van der Waals surface area (Å²) < 4.78 is 16.2. The van der Waals surface area contributed by atoms with E-state index in [0.29, 0.717) is 23.6 Å². The maximum Gasteiger partial charge on any atom is 0.291 e. The Bertz CT molecular complexity index is 677. The molecular weight excluding hydrogens is 334 g/mol. The van der Waals surface area contributed by atoms with Crippen molar-refractivity contribution in [2.24, 2.45) is 7.05 Å². The Balaban J connectivity index is 2.15. The van der Waals surface area contributed by atoms with Gasteiger partial charge in [-0.25, -0.2) is 0 Å². The third-order valence-corrected chi connectivity index (χ3v) is 4.74. The van der Waals surface area contributed by atoms with Gasteiger partial charge in [-0.3, -0.25) is 4.79 Å². The van der Waals surface area contributed by atoms with Crippen LogP contribution >= 0.6 is 11.8 Å². The number of nitrogens with one attached hydrogen (secondary N) is 1. The largest absolute Gasteiger partial charge is 0.538 e. The first kappa shape index (κ1) is 17.9.